The lowest BCUT2D eigenvalue weighted by molar-refractivity contribution is 0.394. The maximum absolute atomic E-state index is 4.32. The minimum absolute atomic E-state index is 0. The van der Waals surface area contributed by atoms with Crippen LogP contribution in [0, 0.1) is 5.92 Å². The van der Waals surface area contributed by atoms with Gasteiger partial charge in [0.05, 0.1) is 0 Å². The van der Waals surface area contributed by atoms with E-state index in [4.69, 9.17) is 0 Å². The molecule has 1 fully saturated rings. The molecule has 0 spiro atoms. The Labute approximate surface area is 161 Å². The topological polar surface area (TPSA) is 39.7 Å². The molecule has 23 heavy (non-hydrogen) atoms. The van der Waals surface area contributed by atoms with Crippen molar-refractivity contribution in [2.75, 3.05) is 40.3 Å². The van der Waals surface area contributed by atoms with Crippen molar-refractivity contribution >= 4 is 41.7 Å². The van der Waals surface area contributed by atoms with Crippen molar-refractivity contribution in [3.05, 3.63) is 30.3 Å². The molecule has 1 saturated heterocycles. The molecule has 6 heteroatoms. The van der Waals surface area contributed by atoms with Gasteiger partial charge in [-0.3, -0.25) is 4.99 Å². The van der Waals surface area contributed by atoms with Crippen LogP contribution in [0.2, 0.25) is 0 Å². The summed E-state index contributed by atoms with van der Waals surface area (Å²) in [5.41, 5.74) is 0. The second-order valence-electron chi connectivity index (χ2n) is 5.99. The minimum Gasteiger partial charge on any atom is -0.356 e. The van der Waals surface area contributed by atoms with Crippen LogP contribution in [0.1, 0.15) is 13.3 Å². The van der Waals surface area contributed by atoms with Gasteiger partial charge in [-0.05, 0) is 38.1 Å². The molecule has 1 aliphatic rings. The van der Waals surface area contributed by atoms with Gasteiger partial charge in [-0.1, -0.05) is 25.1 Å². The first kappa shape index (κ1) is 20.6. The predicted octanol–water partition coefficient (Wildman–Crippen LogP) is 2.90. The molecule has 1 aromatic rings. The van der Waals surface area contributed by atoms with Gasteiger partial charge in [-0.15, -0.1) is 35.7 Å². The maximum atomic E-state index is 4.32. The zero-order valence-electron chi connectivity index (χ0n) is 14.3. The van der Waals surface area contributed by atoms with E-state index in [0.717, 1.165) is 25.0 Å². The van der Waals surface area contributed by atoms with Gasteiger partial charge in [-0.25, -0.2) is 0 Å². The molecule has 2 rings (SSSR count). The number of hydrogen-bond donors (Lipinski definition) is 2. The van der Waals surface area contributed by atoms with Gasteiger partial charge < -0.3 is 15.5 Å². The molecule has 0 bridgehead atoms. The smallest absolute Gasteiger partial charge is 0.191 e. The first-order valence-electron chi connectivity index (χ1n) is 8.02. The Morgan fingerprint density at radius 1 is 1.35 bits per heavy atom. The number of aliphatic imine (C=N–C) groups is 1. The fourth-order valence-corrected chi connectivity index (χ4v) is 3.61. The van der Waals surface area contributed by atoms with Crippen LogP contribution in [-0.2, 0) is 0 Å². The number of likely N-dealkylation sites (tertiary alicyclic amines) is 1. The van der Waals surface area contributed by atoms with E-state index in [9.17, 15) is 0 Å². The van der Waals surface area contributed by atoms with Crippen molar-refractivity contribution in [1.29, 1.82) is 0 Å². The number of nitrogens with one attached hydrogen (secondary N) is 2. The second-order valence-corrected chi connectivity index (χ2v) is 7.50. The van der Waals surface area contributed by atoms with Crippen molar-refractivity contribution < 1.29 is 0 Å². The molecule has 0 aliphatic carbocycles. The van der Waals surface area contributed by atoms with E-state index in [1.165, 1.54) is 24.4 Å². The molecule has 1 aliphatic heterocycles. The van der Waals surface area contributed by atoms with Crippen molar-refractivity contribution in [2.24, 2.45) is 10.9 Å². The molecule has 0 radical (unpaired) electrons. The van der Waals surface area contributed by atoms with E-state index in [-0.39, 0.29) is 24.0 Å². The highest BCUT2D eigenvalue weighted by atomic mass is 127. The normalized spacial score (nSPS) is 20.0. The molecule has 2 atom stereocenters. The third-order valence-electron chi connectivity index (χ3n) is 3.91. The molecule has 0 aromatic heterocycles. The van der Waals surface area contributed by atoms with Crippen LogP contribution in [0.4, 0.5) is 0 Å². The second kappa shape index (κ2) is 11.1. The van der Waals surface area contributed by atoms with E-state index in [1.54, 1.807) is 0 Å². The summed E-state index contributed by atoms with van der Waals surface area (Å²) in [4.78, 5) is 8.02. The number of guanidine groups is 1. The van der Waals surface area contributed by atoms with Crippen LogP contribution in [0.15, 0.2) is 40.2 Å². The van der Waals surface area contributed by atoms with Gasteiger partial charge in [0.1, 0.15) is 0 Å². The van der Waals surface area contributed by atoms with Gasteiger partial charge in [0.25, 0.3) is 0 Å². The lowest BCUT2D eigenvalue weighted by Crippen LogP contribution is -2.42. The molecule has 4 nitrogen and oxygen atoms in total. The number of thioether (sulfide) groups is 1. The summed E-state index contributed by atoms with van der Waals surface area (Å²) in [5, 5.41) is 7.38. The van der Waals surface area contributed by atoms with E-state index < -0.39 is 0 Å². The van der Waals surface area contributed by atoms with E-state index in [2.05, 4.69) is 64.8 Å². The van der Waals surface area contributed by atoms with Crippen LogP contribution >= 0.6 is 35.7 Å². The highest BCUT2D eigenvalue weighted by Gasteiger charge is 2.19. The highest BCUT2D eigenvalue weighted by Crippen LogP contribution is 2.21. The average Bonchev–Trinajstić information content (AvgIpc) is 2.94. The quantitative estimate of drug-likeness (QED) is 0.304. The SMILES string of the molecule is CN=C(NCC1CCN(C)C1)NCC(C)Sc1ccccc1.I. The molecule has 130 valence electrons. The summed E-state index contributed by atoms with van der Waals surface area (Å²) in [6.45, 7) is 6.55. The van der Waals surface area contributed by atoms with Crippen LogP contribution in [0.5, 0.6) is 0 Å². The zero-order valence-corrected chi connectivity index (χ0v) is 17.4. The van der Waals surface area contributed by atoms with Gasteiger partial charge in [0.2, 0.25) is 0 Å². The Hall–Kier alpha value is -0.470. The Bertz CT molecular complexity index is 469. The predicted molar refractivity (Wildman–Crippen MR) is 112 cm³/mol. The fourth-order valence-electron chi connectivity index (χ4n) is 2.67. The molecule has 1 heterocycles. The standard InChI is InChI=1S/C17H28N4S.HI/c1-14(22-16-7-5-4-6-8-16)11-19-17(18-2)20-12-15-9-10-21(3)13-15;/h4-8,14-15H,9-13H2,1-3H3,(H2,18,19,20);1H. The number of halogens is 1. The third-order valence-corrected chi connectivity index (χ3v) is 5.02. The summed E-state index contributed by atoms with van der Waals surface area (Å²) in [5.74, 6) is 1.65. The summed E-state index contributed by atoms with van der Waals surface area (Å²) < 4.78 is 0. The number of hydrogen-bond acceptors (Lipinski definition) is 3. The summed E-state index contributed by atoms with van der Waals surface area (Å²) in [6.07, 6.45) is 1.28. The Morgan fingerprint density at radius 2 is 2.09 bits per heavy atom. The van der Waals surface area contributed by atoms with Crippen LogP contribution in [-0.4, -0.2) is 56.4 Å². The van der Waals surface area contributed by atoms with E-state index in [0.29, 0.717) is 5.25 Å². The van der Waals surface area contributed by atoms with Crippen molar-refractivity contribution in [3.63, 3.8) is 0 Å². The zero-order chi connectivity index (χ0) is 15.8. The van der Waals surface area contributed by atoms with Gasteiger partial charge >= 0.3 is 0 Å². The molecule has 2 N–H and O–H groups in total. The maximum Gasteiger partial charge on any atom is 0.191 e. The van der Waals surface area contributed by atoms with Crippen LogP contribution < -0.4 is 10.6 Å². The lowest BCUT2D eigenvalue weighted by Gasteiger charge is -2.18. The molecule has 0 saturated carbocycles. The number of rotatable bonds is 6. The van der Waals surface area contributed by atoms with Gasteiger partial charge in [0, 0.05) is 36.8 Å². The summed E-state index contributed by atoms with van der Waals surface area (Å²) >= 11 is 1.89. The third kappa shape index (κ3) is 7.76. The highest BCUT2D eigenvalue weighted by molar-refractivity contribution is 14.0. The minimum atomic E-state index is 0. The van der Waals surface area contributed by atoms with Crippen LogP contribution in [0.3, 0.4) is 0 Å². The van der Waals surface area contributed by atoms with E-state index in [1.807, 2.05) is 18.8 Å². The summed E-state index contributed by atoms with van der Waals surface area (Å²) in [6, 6.07) is 10.5. The molecular formula is C17H29IN4S. The first-order valence-corrected chi connectivity index (χ1v) is 8.90. The summed E-state index contributed by atoms with van der Waals surface area (Å²) in [7, 11) is 4.03. The largest absolute Gasteiger partial charge is 0.356 e. The fraction of sp³-hybridized carbons (Fsp3) is 0.588. The van der Waals surface area contributed by atoms with Crippen molar-refractivity contribution in [2.45, 2.75) is 23.5 Å². The number of benzene rings is 1. The molecule has 2 unspecified atom stereocenters. The Balaban J connectivity index is 0.00000264. The van der Waals surface area contributed by atoms with Crippen molar-refractivity contribution in [3.8, 4) is 0 Å². The van der Waals surface area contributed by atoms with E-state index >= 15 is 0 Å². The monoisotopic (exact) mass is 448 g/mol. The van der Waals surface area contributed by atoms with Crippen LogP contribution in [0.25, 0.3) is 0 Å². The number of nitrogens with zero attached hydrogens (tertiary/aromatic N) is 2. The van der Waals surface area contributed by atoms with Gasteiger partial charge in [-0.2, -0.15) is 0 Å². The first-order chi connectivity index (χ1) is 10.7. The Kier molecular flexibility index (Phi) is 9.97. The molecule has 1 aromatic carbocycles. The Morgan fingerprint density at radius 3 is 2.70 bits per heavy atom. The average molecular weight is 448 g/mol. The van der Waals surface area contributed by atoms with Crippen molar-refractivity contribution in [1.82, 2.24) is 15.5 Å². The molecule has 0 amide bonds. The molecular weight excluding hydrogens is 419 g/mol. The lowest BCUT2D eigenvalue weighted by atomic mass is 10.1. The van der Waals surface area contributed by atoms with Gasteiger partial charge in [0.15, 0.2) is 5.96 Å².